The quantitative estimate of drug-likeness (QED) is 0.192. The Morgan fingerprint density at radius 1 is 0.909 bits per heavy atom. The molecule has 48 valence electrons. The summed E-state index contributed by atoms with van der Waals surface area (Å²) in [5.74, 6) is 0. The van der Waals surface area contributed by atoms with Crippen molar-refractivity contribution in [1.82, 2.24) is 0 Å². The van der Waals surface area contributed by atoms with E-state index in [0.29, 0.717) is 0 Å². The molecule has 0 saturated carbocycles. The number of rotatable bonds is 0. The standard InChI is InChI=1S/BrH.ClH.HI.4Li.NO3/c;;;;;;;2-1(3)4/h3*1H;;;;;/q;;;4*+1;-1/p-3. The van der Waals surface area contributed by atoms with Crippen LogP contribution in [-0.4, -0.2) is 5.09 Å². The van der Waals surface area contributed by atoms with E-state index in [1.165, 1.54) is 0 Å². The first kappa shape index (κ1) is 65.1. The molecule has 0 bridgehead atoms. The molecule has 0 unspecified atom stereocenters. The molecule has 0 aromatic carbocycles. The Hall–Kier alpha value is 3.09. The van der Waals surface area contributed by atoms with Crippen LogP contribution >= 0.6 is 0 Å². The van der Waals surface area contributed by atoms with Crippen molar-refractivity contribution in [2.45, 2.75) is 0 Å². The molecule has 0 saturated heterocycles. The second-order valence-corrected chi connectivity index (χ2v) is 0.224. The molecule has 4 nitrogen and oxygen atoms in total. The van der Waals surface area contributed by atoms with Crippen molar-refractivity contribution in [3.05, 3.63) is 15.3 Å². The first-order valence-electron chi connectivity index (χ1n) is 0.548. The fourth-order valence-electron chi connectivity index (χ4n) is 0. The SMILES string of the molecule is O=[N+]([O-])[O-].[Br-].[Cl-].[I-].[Li+].[Li+].[Li+].[Li+]. The molecule has 0 aliphatic heterocycles. The van der Waals surface area contributed by atoms with E-state index in [9.17, 15) is 0 Å². The van der Waals surface area contributed by atoms with Crippen molar-refractivity contribution in [3.63, 3.8) is 0 Å². The van der Waals surface area contributed by atoms with Gasteiger partial charge in [-0.2, -0.15) is 0 Å². The van der Waals surface area contributed by atoms with Crippen LogP contribution in [0.4, 0.5) is 0 Å². The van der Waals surface area contributed by atoms with Crippen LogP contribution < -0.4 is 129 Å². The van der Waals surface area contributed by atoms with E-state index >= 15 is 0 Å². The number of halogens is 3. The Labute approximate surface area is 147 Å². The summed E-state index contributed by atoms with van der Waals surface area (Å²) in [6, 6.07) is 0. The Bertz CT molecular complexity index is 48.3. The third-order valence-electron chi connectivity index (χ3n) is 0. The monoisotopic (exact) mass is 331 g/mol. The minimum atomic E-state index is -1.75. The minimum Gasteiger partial charge on any atom is -1.00 e. The molecule has 0 aromatic heterocycles. The van der Waals surface area contributed by atoms with Gasteiger partial charge >= 0.3 is 75.4 Å². The van der Waals surface area contributed by atoms with Gasteiger partial charge in [-0.25, -0.2) is 0 Å². The van der Waals surface area contributed by atoms with Gasteiger partial charge in [0.2, 0.25) is 0 Å². The van der Waals surface area contributed by atoms with Crippen LogP contribution in [0.3, 0.4) is 0 Å². The van der Waals surface area contributed by atoms with E-state index in [2.05, 4.69) is 0 Å². The smallest absolute Gasteiger partial charge is 1.00 e. The summed E-state index contributed by atoms with van der Waals surface area (Å²) in [5.41, 5.74) is 0. The summed E-state index contributed by atoms with van der Waals surface area (Å²) in [7, 11) is 0. The van der Waals surface area contributed by atoms with E-state index in [0.717, 1.165) is 0 Å². The molecule has 0 aliphatic carbocycles. The fraction of sp³-hybridized carbons (Fsp3) is 0. The average Bonchev–Trinajstić information content (AvgIpc) is 0.811. The predicted molar refractivity (Wildman–Crippen MR) is 10.4 cm³/mol. The molecule has 0 N–H and O–H groups in total. The van der Waals surface area contributed by atoms with Crippen LogP contribution in [0.1, 0.15) is 0 Å². The van der Waals surface area contributed by atoms with Crippen molar-refractivity contribution < 1.29 is 134 Å². The van der Waals surface area contributed by atoms with Gasteiger partial charge in [-0.15, -0.1) is 0 Å². The van der Waals surface area contributed by atoms with Gasteiger partial charge in [0.05, 0.1) is 5.09 Å². The maximum atomic E-state index is 8.25. The molecule has 0 atom stereocenters. The number of hydrogen-bond acceptors (Lipinski definition) is 3. The van der Waals surface area contributed by atoms with Crippen LogP contribution in [0.2, 0.25) is 0 Å². The van der Waals surface area contributed by atoms with E-state index in [4.69, 9.17) is 15.3 Å². The summed E-state index contributed by atoms with van der Waals surface area (Å²) in [6.45, 7) is 0. The van der Waals surface area contributed by atoms with E-state index in [1.807, 2.05) is 0 Å². The van der Waals surface area contributed by atoms with Crippen molar-refractivity contribution >= 4 is 0 Å². The van der Waals surface area contributed by atoms with Gasteiger partial charge in [0.25, 0.3) is 0 Å². The Morgan fingerprint density at radius 3 is 0.909 bits per heavy atom. The van der Waals surface area contributed by atoms with Crippen molar-refractivity contribution in [1.29, 1.82) is 0 Å². The summed E-state index contributed by atoms with van der Waals surface area (Å²) < 4.78 is 0. The van der Waals surface area contributed by atoms with Crippen LogP contribution in [0, 0.1) is 15.3 Å². The molecule has 0 amide bonds. The Kier molecular flexibility index (Phi) is 305. The summed E-state index contributed by atoms with van der Waals surface area (Å²) >= 11 is 0. The second kappa shape index (κ2) is 51.6. The Balaban J connectivity index is -0.00000000214. The van der Waals surface area contributed by atoms with E-state index in [-0.39, 0.29) is 129 Å². The van der Waals surface area contributed by atoms with Crippen molar-refractivity contribution in [2.75, 3.05) is 0 Å². The second-order valence-electron chi connectivity index (χ2n) is 0.224. The predicted octanol–water partition coefficient (Wildman–Crippen LogP) is -21.2. The van der Waals surface area contributed by atoms with Crippen molar-refractivity contribution in [2.24, 2.45) is 0 Å². The van der Waals surface area contributed by atoms with Gasteiger partial charge in [0, 0.05) is 0 Å². The molecular weight excluding hydrogens is 332 g/mol. The van der Waals surface area contributed by atoms with Gasteiger partial charge in [-0.05, 0) is 0 Å². The summed E-state index contributed by atoms with van der Waals surface area (Å²) in [6.07, 6.45) is 0. The molecule has 0 aromatic rings. The first-order valence-corrected chi connectivity index (χ1v) is 0.548. The average molecular weight is 332 g/mol. The topological polar surface area (TPSA) is 66.2 Å². The maximum absolute atomic E-state index is 8.25. The van der Waals surface area contributed by atoms with Crippen LogP contribution in [0.5, 0.6) is 0 Å². The summed E-state index contributed by atoms with van der Waals surface area (Å²) in [4.78, 5) is 8.25. The Morgan fingerprint density at radius 2 is 0.909 bits per heavy atom. The largest absolute Gasteiger partial charge is 1.00 e. The molecule has 0 rings (SSSR count). The molecule has 0 aliphatic rings. The third-order valence-corrected chi connectivity index (χ3v) is 0. The molecule has 0 heterocycles. The molecular formula is BrClILi4NO3. The fourth-order valence-corrected chi connectivity index (χ4v) is 0. The van der Waals surface area contributed by atoms with Gasteiger partial charge in [-0.1, -0.05) is 0 Å². The molecule has 0 radical (unpaired) electrons. The van der Waals surface area contributed by atoms with Crippen LogP contribution in [-0.2, 0) is 0 Å². The minimum absolute atomic E-state index is 0. The van der Waals surface area contributed by atoms with Gasteiger partial charge < -0.3 is 68.7 Å². The molecule has 11 heteroatoms. The third kappa shape index (κ3) is 169. The van der Waals surface area contributed by atoms with Crippen molar-refractivity contribution in [3.8, 4) is 0 Å². The zero-order valence-electron chi connectivity index (χ0n) is 6.81. The van der Waals surface area contributed by atoms with Gasteiger partial charge in [-0.3, -0.25) is 0 Å². The first-order chi connectivity index (χ1) is 1.73. The van der Waals surface area contributed by atoms with Crippen LogP contribution in [0.15, 0.2) is 0 Å². The van der Waals surface area contributed by atoms with Gasteiger partial charge in [0.15, 0.2) is 0 Å². The zero-order chi connectivity index (χ0) is 3.58. The maximum Gasteiger partial charge on any atom is 1.00 e. The van der Waals surface area contributed by atoms with Crippen LogP contribution in [0.25, 0.3) is 0 Å². The van der Waals surface area contributed by atoms with E-state index in [1.54, 1.807) is 0 Å². The summed E-state index contributed by atoms with van der Waals surface area (Å²) in [5, 5.41) is 14.8. The number of nitrogens with zero attached hydrogens (tertiary/aromatic N) is 1. The normalized spacial score (nSPS) is 2.18. The molecule has 0 fully saturated rings. The number of hydrogen-bond donors (Lipinski definition) is 0. The van der Waals surface area contributed by atoms with E-state index < -0.39 is 5.09 Å². The molecule has 0 spiro atoms. The molecule has 11 heavy (non-hydrogen) atoms. The zero-order valence-corrected chi connectivity index (χ0v) is 11.3. The van der Waals surface area contributed by atoms with Gasteiger partial charge in [0.1, 0.15) is 0 Å².